The molecule has 51 heavy (non-hydrogen) atoms. The smallest absolute Gasteiger partial charge is 0.193 e. The first-order valence-corrected chi connectivity index (χ1v) is 15.7. The molecule has 0 bridgehead atoms. The van der Waals surface area contributed by atoms with Crippen molar-refractivity contribution in [2.75, 3.05) is 14.2 Å². The van der Waals surface area contributed by atoms with Crippen molar-refractivity contribution in [2.24, 2.45) is 0 Å². The Bertz CT molecular complexity index is 2260. The van der Waals surface area contributed by atoms with Gasteiger partial charge >= 0.3 is 0 Å². The quantitative estimate of drug-likeness (QED) is 0.0958. The molecule has 2 heterocycles. The Morgan fingerprint density at radius 3 is 1.90 bits per heavy atom. The van der Waals surface area contributed by atoms with Crippen LogP contribution in [-0.4, -0.2) is 55.1 Å². The monoisotopic (exact) mass is 734 g/mol. The fourth-order valence-electron chi connectivity index (χ4n) is 4.82. The van der Waals surface area contributed by atoms with Gasteiger partial charge in [0.05, 0.1) is 48.0 Å². The van der Waals surface area contributed by atoms with Gasteiger partial charge in [-0.1, -0.05) is 45.8 Å². The molecule has 0 spiro atoms. The highest BCUT2D eigenvalue weighted by molar-refractivity contribution is 6.32. The highest BCUT2D eigenvalue weighted by Gasteiger charge is 2.18. The Kier molecular flexibility index (Phi) is 10.4. The van der Waals surface area contributed by atoms with Gasteiger partial charge in [0.2, 0.25) is 0 Å². The number of benzene rings is 4. The number of ether oxygens (including phenoxy) is 4. The summed E-state index contributed by atoms with van der Waals surface area (Å²) < 4.78 is 52.5. The van der Waals surface area contributed by atoms with Crippen LogP contribution in [0.3, 0.4) is 0 Å². The number of hydrogen-bond donors (Lipinski definition) is 1. The van der Waals surface area contributed by atoms with Crippen LogP contribution < -0.4 is 18.9 Å². The number of phenols is 1. The highest BCUT2D eigenvalue weighted by atomic mass is 35.5. The molecule has 0 amide bonds. The summed E-state index contributed by atoms with van der Waals surface area (Å²) in [5.41, 5.74) is 2.22. The number of ketones is 1. The van der Waals surface area contributed by atoms with E-state index in [2.05, 4.69) is 20.6 Å². The van der Waals surface area contributed by atoms with E-state index in [0.29, 0.717) is 39.8 Å². The number of carbonyl (C=O) groups excluding carboxylic acids is 1. The van der Waals surface area contributed by atoms with Crippen LogP contribution in [0.25, 0.3) is 17.5 Å². The predicted octanol–water partition coefficient (Wildman–Crippen LogP) is 7.21. The molecule has 0 saturated heterocycles. The summed E-state index contributed by atoms with van der Waals surface area (Å²) in [5.74, 6) is -0.736. The summed E-state index contributed by atoms with van der Waals surface area (Å²) in [4.78, 5) is 13.1. The maximum absolute atomic E-state index is 13.6. The van der Waals surface area contributed by atoms with Crippen molar-refractivity contribution >= 4 is 35.1 Å². The van der Waals surface area contributed by atoms with E-state index >= 15 is 0 Å². The molecule has 4 aromatic carbocycles. The van der Waals surface area contributed by atoms with E-state index < -0.39 is 17.4 Å². The number of methoxy groups -OCH3 is 2. The Morgan fingerprint density at radius 2 is 1.35 bits per heavy atom. The van der Waals surface area contributed by atoms with Crippen molar-refractivity contribution in [3.8, 4) is 40.1 Å². The Balaban J connectivity index is 1.24. The van der Waals surface area contributed by atoms with Gasteiger partial charge in [0.15, 0.2) is 17.3 Å². The van der Waals surface area contributed by atoms with Gasteiger partial charge in [0, 0.05) is 12.1 Å². The first-order chi connectivity index (χ1) is 24.6. The van der Waals surface area contributed by atoms with Crippen LogP contribution in [0.5, 0.6) is 28.7 Å². The summed E-state index contributed by atoms with van der Waals surface area (Å²) in [6, 6.07) is 15.6. The number of allylic oxidation sites excluding steroid dienone is 1. The van der Waals surface area contributed by atoms with Crippen LogP contribution in [-0.2, 0) is 13.2 Å². The first kappa shape index (κ1) is 34.9. The van der Waals surface area contributed by atoms with E-state index in [9.17, 15) is 18.7 Å². The lowest BCUT2D eigenvalue weighted by Crippen LogP contribution is -2.02. The minimum Gasteiger partial charge on any atom is -0.507 e. The summed E-state index contributed by atoms with van der Waals surface area (Å²) in [6.07, 6.45) is 5.98. The summed E-state index contributed by atoms with van der Waals surface area (Å²) in [7, 11) is 2.81. The summed E-state index contributed by atoms with van der Waals surface area (Å²) in [6.45, 7) is -0.0872. The molecule has 0 saturated carbocycles. The Hall–Kier alpha value is -5.99. The van der Waals surface area contributed by atoms with Crippen molar-refractivity contribution in [2.45, 2.75) is 13.2 Å². The van der Waals surface area contributed by atoms with Crippen LogP contribution >= 0.6 is 23.2 Å². The second kappa shape index (κ2) is 15.3. The number of hydrogen-bond acceptors (Lipinski definition) is 10. The third-order valence-electron chi connectivity index (χ3n) is 7.30. The van der Waals surface area contributed by atoms with Crippen molar-refractivity contribution in [1.29, 1.82) is 0 Å². The average molecular weight is 736 g/mol. The molecular formula is C35H26Cl2F2N6O6. The number of aromatic nitrogens is 6. The SMILES string of the molecule is COc1cc(O)c(C(=O)/C=C/c2ccc(OCc3cn(-c4ccc(F)cc4Cl)nn3)c(OCc3cn(-c4ccc(F)cc4Cl)nn3)c2)c(OC)c1. The fraction of sp³-hybridized carbons (Fsp3) is 0.114. The number of carbonyl (C=O) groups is 1. The third kappa shape index (κ3) is 8.09. The molecule has 16 heteroatoms. The number of nitrogens with zero attached hydrogens (tertiary/aromatic N) is 6. The molecule has 6 rings (SSSR count). The molecule has 0 aliphatic carbocycles. The maximum Gasteiger partial charge on any atom is 0.193 e. The van der Waals surface area contributed by atoms with Gasteiger partial charge in [-0.25, -0.2) is 18.1 Å². The second-order valence-electron chi connectivity index (χ2n) is 10.7. The van der Waals surface area contributed by atoms with Crippen molar-refractivity contribution in [3.05, 3.63) is 129 Å². The molecular weight excluding hydrogens is 709 g/mol. The maximum atomic E-state index is 13.6. The highest BCUT2D eigenvalue weighted by Crippen LogP contribution is 2.35. The molecule has 260 valence electrons. The molecule has 12 nitrogen and oxygen atoms in total. The zero-order valence-electron chi connectivity index (χ0n) is 26.8. The topological polar surface area (TPSA) is 136 Å². The molecule has 0 aliphatic heterocycles. The molecule has 0 atom stereocenters. The van der Waals surface area contributed by atoms with E-state index in [1.54, 1.807) is 30.6 Å². The van der Waals surface area contributed by atoms with Crippen LogP contribution in [0.4, 0.5) is 8.78 Å². The summed E-state index contributed by atoms with van der Waals surface area (Å²) >= 11 is 12.4. The Morgan fingerprint density at radius 1 is 0.765 bits per heavy atom. The van der Waals surface area contributed by atoms with Gasteiger partial charge in [0.1, 0.15) is 59.0 Å². The molecule has 0 radical (unpaired) electrons. The Labute approximate surface area is 299 Å². The van der Waals surface area contributed by atoms with Crippen molar-refractivity contribution < 1.29 is 37.6 Å². The van der Waals surface area contributed by atoms with Crippen LogP contribution in [0, 0.1) is 11.6 Å². The average Bonchev–Trinajstić information content (AvgIpc) is 3.79. The minimum absolute atomic E-state index is 0.0291. The lowest BCUT2D eigenvalue weighted by Gasteiger charge is -2.12. The normalized spacial score (nSPS) is 11.2. The summed E-state index contributed by atoms with van der Waals surface area (Å²) in [5, 5.41) is 27.2. The van der Waals surface area contributed by atoms with Crippen LogP contribution in [0.15, 0.2) is 85.2 Å². The number of aromatic hydroxyl groups is 1. The van der Waals surface area contributed by atoms with E-state index in [1.165, 1.54) is 84.3 Å². The van der Waals surface area contributed by atoms with Gasteiger partial charge in [-0.3, -0.25) is 4.79 Å². The zero-order chi connectivity index (χ0) is 36.1. The third-order valence-corrected chi connectivity index (χ3v) is 7.90. The standard InChI is InChI=1S/C35H26Cl2F2N6O6/c1-48-25-14-31(47)35(34(15-25)49-2)30(46)9-3-20-4-10-32(50-18-23-16-44(42-40-23)28-7-5-21(38)12-26(28)36)33(11-20)51-19-24-17-45(43-41-24)29-8-6-22(39)13-27(29)37/h3-17,47H,18-19H2,1-2H3/b9-3+. The van der Waals surface area contributed by atoms with Crippen LogP contribution in [0.1, 0.15) is 27.3 Å². The van der Waals surface area contributed by atoms with Gasteiger partial charge < -0.3 is 24.1 Å². The van der Waals surface area contributed by atoms with Crippen molar-refractivity contribution in [1.82, 2.24) is 30.0 Å². The fourth-order valence-corrected chi connectivity index (χ4v) is 5.33. The van der Waals surface area contributed by atoms with Gasteiger partial charge in [-0.05, 0) is 60.2 Å². The first-order valence-electron chi connectivity index (χ1n) is 14.9. The van der Waals surface area contributed by atoms with Gasteiger partial charge in [-0.2, -0.15) is 0 Å². The molecule has 1 N–H and O–H groups in total. The lowest BCUT2D eigenvalue weighted by molar-refractivity contribution is 0.104. The van der Waals surface area contributed by atoms with E-state index in [1.807, 2.05) is 0 Å². The molecule has 6 aromatic rings. The number of rotatable bonds is 13. The van der Waals surface area contributed by atoms with E-state index in [-0.39, 0.29) is 46.1 Å². The van der Waals surface area contributed by atoms with E-state index in [0.717, 1.165) is 0 Å². The lowest BCUT2D eigenvalue weighted by atomic mass is 10.1. The molecule has 0 unspecified atom stereocenters. The predicted molar refractivity (Wildman–Crippen MR) is 182 cm³/mol. The molecule has 0 aliphatic rings. The second-order valence-corrected chi connectivity index (χ2v) is 11.5. The van der Waals surface area contributed by atoms with Gasteiger partial charge in [0.25, 0.3) is 0 Å². The van der Waals surface area contributed by atoms with Crippen molar-refractivity contribution in [3.63, 3.8) is 0 Å². The minimum atomic E-state index is -0.518. The number of halogens is 4. The van der Waals surface area contributed by atoms with E-state index in [4.69, 9.17) is 42.1 Å². The molecule has 2 aromatic heterocycles. The largest absolute Gasteiger partial charge is 0.507 e. The molecule has 0 fully saturated rings. The zero-order valence-corrected chi connectivity index (χ0v) is 28.3. The number of phenolic OH excluding ortho intramolecular Hbond substituents is 1. The van der Waals surface area contributed by atoms with Gasteiger partial charge in [-0.15, -0.1) is 10.2 Å². The van der Waals surface area contributed by atoms with Crippen LogP contribution in [0.2, 0.25) is 10.0 Å².